The third-order valence-electron chi connectivity index (χ3n) is 5.97. The van der Waals surface area contributed by atoms with Crippen LogP contribution in [0.4, 0.5) is 0 Å². The van der Waals surface area contributed by atoms with Gasteiger partial charge in [-0.2, -0.15) is 0 Å². The second kappa shape index (κ2) is 13.0. The van der Waals surface area contributed by atoms with Gasteiger partial charge in [0.2, 0.25) is 0 Å². The third kappa shape index (κ3) is 7.13. The predicted octanol–water partition coefficient (Wildman–Crippen LogP) is 5.43. The summed E-state index contributed by atoms with van der Waals surface area (Å²) in [5, 5.41) is 10.4. The Hall–Kier alpha value is -3.22. The fourth-order valence-electron chi connectivity index (χ4n) is 4.12. The van der Waals surface area contributed by atoms with E-state index >= 15 is 0 Å². The topological polar surface area (TPSA) is 91.3 Å². The number of unbranched alkanes of at least 4 members (excludes halogenated alkanes) is 2. The number of phenols is 1. The molecule has 1 N–H and O–H groups in total. The van der Waals surface area contributed by atoms with E-state index in [-0.39, 0.29) is 17.5 Å². The zero-order chi connectivity index (χ0) is 25.2. The number of ether oxygens (including phenoxy) is 4. The number of esters is 1. The number of Topliss-reactive ketones (excluding diaryl/α,β-unsaturated/α-hetero) is 1. The highest BCUT2D eigenvalue weighted by Gasteiger charge is 2.27. The van der Waals surface area contributed by atoms with Crippen LogP contribution in [-0.2, 0) is 22.4 Å². The number of fused-ring (bicyclic) bond motifs is 1. The van der Waals surface area contributed by atoms with Gasteiger partial charge in [0.05, 0.1) is 25.4 Å². The number of ketones is 1. The molecule has 3 rings (SSSR count). The van der Waals surface area contributed by atoms with Crippen LogP contribution in [-0.4, -0.2) is 42.8 Å². The largest absolute Gasteiger partial charge is 0.507 e. The molecule has 7 nitrogen and oxygen atoms in total. The number of carbonyl (C=O) groups excluding carboxylic acids is 2. The lowest BCUT2D eigenvalue weighted by Gasteiger charge is -2.25. The monoisotopic (exact) mass is 484 g/mol. The second-order valence-corrected chi connectivity index (χ2v) is 8.67. The van der Waals surface area contributed by atoms with Gasteiger partial charge in [-0.25, -0.2) is 4.79 Å². The molecule has 1 heterocycles. The molecule has 0 radical (unpaired) electrons. The Morgan fingerprint density at radius 2 is 1.83 bits per heavy atom. The highest BCUT2D eigenvalue weighted by atomic mass is 16.6. The van der Waals surface area contributed by atoms with Crippen molar-refractivity contribution in [2.45, 2.75) is 71.8 Å². The van der Waals surface area contributed by atoms with Crippen molar-refractivity contribution >= 4 is 11.8 Å². The van der Waals surface area contributed by atoms with Gasteiger partial charge in [0.25, 0.3) is 0 Å². The average Bonchev–Trinajstić information content (AvgIpc) is 2.84. The van der Waals surface area contributed by atoms with Gasteiger partial charge in [0.1, 0.15) is 23.0 Å². The minimum Gasteiger partial charge on any atom is -0.507 e. The first-order valence-corrected chi connectivity index (χ1v) is 12.5. The molecule has 1 atom stereocenters. The van der Waals surface area contributed by atoms with Gasteiger partial charge in [-0.3, -0.25) is 4.79 Å². The van der Waals surface area contributed by atoms with Crippen LogP contribution >= 0.6 is 0 Å². The molecule has 0 bridgehead atoms. The summed E-state index contributed by atoms with van der Waals surface area (Å²) in [5.74, 6) is 1.60. The summed E-state index contributed by atoms with van der Waals surface area (Å²) in [6, 6.07) is 9.16. The quantitative estimate of drug-likeness (QED) is 0.230. The molecule has 0 aliphatic carbocycles. The number of hydrogen-bond donors (Lipinski definition) is 1. The molecule has 0 saturated carbocycles. The van der Waals surface area contributed by atoms with Gasteiger partial charge < -0.3 is 24.1 Å². The van der Waals surface area contributed by atoms with Gasteiger partial charge in [0.15, 0.2) is 11.9 Å². The van der Waals surface area contributed by atoms with Crippen LogP contribution in [0.3, 0.4) is 0 Å². The van der Waals surface area contributed by atoms with E-state index in [9.17, 15) is 14.7 Å². The molecule has 0 saturated heterocycles. The third-order valence-corrected chi connectivity index (χ3v) is 5.97. The van der Waals surface area contributed by atoms with Gasteiger partial charge >= 0.3 is 5.97 Å². The minimum atomic E-state index is -0.559. The SMILES string of the molecule is CCCc1c(OCCCCCOc2ccc3c(c2)OC(C(=O)OCC)CC3)ccc(C(C)=O)c1O. The Morgan fingerprint density at radius 3 is 2.54 bits per heavy atom. The lowest BCUT2D eigenvalue weighted by atomic mass is 10.0. The zero-order valence-corrected chi connectivity index (χ0v) is 20.9. The number of rotatable bonds is 13. The first-order chi connectivity index (χ1) is 16.9. The van der Waals surface area contributed by atoms with Crippen molar-refractivity contribution in [1.82, 2.24) is 0 Å². The Balaban J connectivity index is 1.41. The second-order valence-electron chi connectivity index (χ2n) is 8.67. The Kier molecular flexibility index (Phi) is 9.82. The van der Waals surface area contributed by atoms with Crippen molar-refractivity contribution < 1.29 is 33.6 Å². The van der Waals surface area contributed by atoms with E-state index in [4.69, 9.17) is 18.9 Å². The molecule has 1 unspecified atom stereocenters. The first kappa shape index (κ1) is 26.4. The summed E-state index contributed by atoms with van der Waals surface area (Å²) < 4.78 is 22.7. The van der Waals surface area contributed by atoms with E-state index in [1.165, 1.54) is 6.92 Å². The number of aryl methyl sites for hydroxylation is 1. The maximum atomic E-state index is 12.0. The summed E-state index contributed by atoms with van der Waals surface area (Å²) in [6.45, 7) is 6.69. The van der Waals surface area contributed by atoms with E-state index in [0.717, 1.165) is 43.4 Å². The van der Waals surface area contributed by atoms with Crippen molar-refractivity contribution in [3.8, 4) is 23.0 Å². The number of carbonyl (C=O) groups is 2. The predicted molar refractivity (Wildman–Crippen MR) is 133 cm³/mol. The van der Waals surface area contributed by atoms with Crippen LogP contribution < -0.4 is 14.2 Å². The summed E-state index contributed by atoms with van der Waals surface area (Å²) in [5.41, 5.74) is 2.10. The highest BCUT2D eigenvalue weighted by Crippen LogP contribution is 2.33. The van der Waals surface area contributed by atoms with Crippen LogP contribution in [0.2, 0.25) is 0 Å². The van der Waals surface area contributed by atoms with E-state index in [1.807, 2.05) is 25.1 Å². The Bertz CT molecular complexity index is 1010. The smallest absolute Gasteiger partial charge is 0.347 e. The maximum Gasteiger partial charge on any atom is 0.347 e. The van der Waals surface area contributed by atoms with Crippen LogP contribution in [0, 0.1) is 0 Å². The summed E-state index contributed by atoms with van der Waals surface area (Å²) in [4.78, 5) is 23.7. The zero-order valence-electron chi connectivity index (χ0n) is 20.9. The molecule has 2 aromatic rings. The molecule has 190 valence electrons. The molecule has 7 heteroatoms. The summed E-state index contributed by atoms with van der Waals surface area (Å²) in [7, 11) is 0. The van der Waals surface area contributed by atoms with Gasteiger partial charge in [-0.15, -0.1) is 0 Å². The Morgan fingerprint density at radius 1 is 1.06 bits per heavy atom. The molecule has 0 spiro atoms. The Labute approximate surface area is 207 Å². The normalized spacial score (nSPS) is 14.5. The number of phenolic OH excluding ortho intramolecular Hbond substituents is 1. The molecular formula is C28H36O7. The molecule has 0 fully saturated rings. The van der Waals surface area contributed by atoms with Crippen molar-refractivity contribution in [2.75, 3.05) is 19.8 Å². The molecule has 1 aliphatic heterocycles. The number of benzene rings is 2. The molecule has 1 aliphatic rings. The molecular weight excluding hydrogens is 448 g/mol. The maximum absolute atomic E-state index is 12.0. The lowest BCUT2D eigenvalue weighted by Crippen LogP contribution is -2.32. The van der Waals surface area contributed by atoms with E-state index < -0.39 is 6.10 Å². The first-order valence-electron chi connectivity index (χ1n) is 12.5. The van der Waals surface area contributed by atoms with Gasteiger partial charge in [-0.1, -0.05) is 19.4 Å². The minimum absolute atomic E-state index is 0.0351. The summed E-state index contributed by atoms with van der Waals surface area (Å²) in [6.07, 6.45) is 4.97. The van der Waals surface area contributed by atoms with E-state index in [2.05, 4.69) is 0 Å². The standard InChI is InChI=1S/C28H36O7/c1-4-9-23-24(15-13-22(19(3)29)27(23)30)34-17-8-6-7-16-33-21-12-10-20-11-14-25(28(31)32-5-2)35-26(20)18-21/h10,12-13,15,18,25,30H,4-9,11,14,16-17H2,1-3H3. The number of hydrogen-bond acceptors (Lipinski definition) is 7. The number of aromatic hydroxyl groups is 1. The van der Waals surface area contributed by atoms with E-state index in [0.29, 0.717) is 55.3 Å². The highest BCUT2D eigenvalue weighted by molar-refractivity contribution is 5.97. The van der Waals surface area contributed by atoms with Crippen LogP contribution in [0.1, 0.15) is 74.4 Å². The molecule has 2 aromatic carbocycles. The van der Waals surface area contributed by atoms with E-state index in [1.54, 1.807) is 19.1 Å². The van der Waals surface area contributed by atoms with Crippen LogP contribution in [0.15, 0.2) is 30.3 Å². The summed E-state index contributed by atoms with van der Waals surface area (Å²) >= 11 is 0. The van der Waals surface area contributed by atoms with Crippen molar-refractivity contribution in [2.24, 2.45) is 0 Å². The molecule has 0 aromatic heterocycles. The fourth-order valence-corrected chi connectivity index (χ4v) is 4.12. The van der Waals surface area contributed by atoms with Crippen LogP contribution in [0.25, 0.3) is 0 Å². The van der Waals surface area contributed by atoms with Crippen LogP contribution in [0.5, 0.6) is 23.0 Å². The molecule has 0 amide bonds. The van der Waals surface area contributed by atoms with Gasteiger partial charge in [0, 0.05) is 11.6 Å². The average molecular weight is 485 g/mol. The lowest BCUT2D eigenvalue weighted by molar-refractivity contribution is -0.152. The van der Waals surface area contributed by atoms with Crippen molar-refractivity contribution in [3.05, 3.63) is 47.0 Å². The van der Waals surface area contributed by atoms with Gasteiger partial charge in [-0.05, 0) is 76.1 Å². The molecule has 35 heavy (non-hydrogen) atoms. The van der Waals surface area contributed by atoms with Crippen molar-refractivity contribution in [3.63, 3.8) is 0 Å². The fraction of sp³-hybridized carbons (Fsp3) is 0.500. The van der Waals surface area contributed by atoms with Crippen molar-refractivity contribution in [1.29, 1.82) is 0 Å².